The molecule has 3 aromatic carbocycles. The van der Waals surface area contributed by atoms with Gasteiger partial charge in [-0.3, -0.25) is 0 Å². The lowest BCUT2D eigenvalue weighted by atomic mass is 10.1. The molecule has 0 atom stereocenters. The molecule has 0 saturated heterocycles. The van der Waals surface area contributed by atoms with E-state index >= 15 is 0 Å². The van der Waals surface area contributed by atoms with E-state index in [0.717, 1.165) is 55.0 Å². The average molecular weight is 390 g/mol. The molecular formula is C26H31NO2. The first-order valence-corrected chi connectivity index (χ1v) is 10.6. The summed E-state index contributed by atoms with van der Waals surface area (Å²) in [6.07, 6.45) is 4.22. The van der Waals surface area contributed by atoms with Crippen molar-refractivity contribution in [1.29, 1.82) is 0 Å². The van der Waals surface area contributed by atoms with Crippen molar-refractivity contribution >= 4 is 5.69 Å². The Kier molecular flexibility index (Phi) is 8.46. The van der Waals surface area contributed by atoms with Crippen LogP contribution in [0.3, 0.4) is 0 Å². The van der Waals surface area contributed by atoms with Gasteiger partial charge in [0.25, 0.3) is 0 Å². The van der Waals surface area contributed by atoms with Crippen LogP contribution in [0, 0.1) is 0 Å². The number of hydrogen-bond acceptors (Lipinski definition) is 3. The van der Waals surface area contributed by atoms with Crippen molar-refractivity contribution in [3.05, 3.63) is 90.0 Å². The lowest BCUT2D eigenvalue weighted by Crippen LogP contribution is -2.06. The Bertz CT molecular complexity index is 848. The maximum Gasteiger partial charge on any atom is 0.142 e. The third-order valence-corrected chi connectivity index (χ3v) is 4.79. The highest BCUT2D eigenvalue weighted by Crippen LogP contribution is 2.26. The van der Waals surface area contributed by atoms with E-state index in [-0.39, 0.29) is 0 Å². The Morgan fingerprint density at radius 2 is 1.34 bits per heavy atom. The zero-order chi connectivity index (χ0) is 20.2. The smallest absolute Gasteiger partial charge is 0.142 e. The average Bonchev–Trinajstić information content (AvgIpc) is 2.77. The molecule has 0 unspecified atom stereocenters. The first kappa shape index (κ1) is 20.8. The van der Waals surface area contributed by atoms with E-state index in [2.05, 4.69) is 60.8 Å². The van der Waals surface area contributed by atoms with Crippen LogP contribution in [0.4, 0.5) is 5.69 Å². The van der Waals surface area contributed by atoms with Gasteiger partial charge < -0.3 is 14.8 Å². The van der Waals surface area contributed by atoms with E-state index in [4.69, 9.17) is 9.47 Å². The Balaban J connectivity index is 1.53. The third-order valence-electron chi connectivity index (χ3n) is 4.79. The highest BCUT2D eigenvalue weighted by atomic mass is 16.5. The molecule has 0 amide bonds. The molecule has 0 aliphatic rings. The lowest BCUT2D eigenvalue weighted by Gasteiger charge is -2.15. The van der Waals surface area contributed by atoms with Crippen molar-refractivity contribution in [1.82, 2.24) is 0 Å². The molecule has 0 radical (unpaired) electrons. The number of aryl methyl sites for hydroxylation is 1. The number of unbranched alkanes of at least 4 members (excludes halogenated alkanes) is 1. The predicted octanol–water partition coefficient (Wildman–Crippen LogP) is 6.49. The van der Waals surface area contributed by atoms with Crippen LogP contribution < -0.4 is 14.8 Å². The van der Waals surface area contributed by atoms with Crippen LogP contribution in [0.25, 0.3) is 0 Å². The van der Waals surface area contributed by atoms with Crippen molar-refractivity contribution in [2.45, 2.75) is 39.2 Å². The van der Waals surface area contributed by atoms with Crippen LogP contribution in [0.5, 0.6) is 11.5 Å². The Morgan fingerprint density at radius 1 is 0.690 bits per heavy atom. The van der Waals surface area contributed by atoms with E-state index < -0.39 is 0 Å². The highest BCUT2D eigenvalue weighted by molar-refractivity contribution is 5.56. The number of nitrogens with one attached hydrogen (secondary N) is 1. The van der Waals surface area contributed by atoms with Crippen molar-refractivity contribution in [3.8, 4) is 11.5 Å². The third kappa shape index (κ3) is 6.86. The van der Waals surface area contributed by atoms with Crippen LogP contribution in [0.1, 0.15) is 37.3 Å². The van der Waals surface area contributed by atoms with Crippen LogP contribution >= 0.6 is 0 Å². The van der Waals surface area contributed by atoms with Gasteiger partial charge in [0.05, 0.1) is 18.9 Å². The van der Waals surface area contributed by atoms with Gasteiger partial charge in [-0.15, -0.1) is 0 Å². The second-order valence-corrected chi connectivity index (χ2v) is 7.10. The van der Waals surface area contributed by atoms with Gasteiger partial charge in [-0.1, -0.05) is 74.0 Å². The molecule has 152 valence electrons. The summed E-state index contributed by atoms with van der Waals surface area (Å²) >= 11 is 0. The quantitative estimate of drug-likeness (QED) is 0.359. The van der Waals surface area contributed by atoms with E-state index in [1.165, 1.54) is 5.56 Å². The summed E-state index contributed by atoms with van der Waals surface area (Å²) in [5.74, 6) is 1.85. The first-order chi connectivity index (χ1) is 14.4. The van der Waals surface area contributed by atoms with Crippen LogP contribution in [0.15, 0.2) is 78.9 Å². The minimum atomic E-state index is 0.699. The molecular weight excluding hydrogens is 358 g/mol. The molecule has 1 N–H and O–H groups in total. The number of para-hydroxylation sites is 3. The molecule has 29 heavy (non-hydrogen) atoms. The maximum absolute atomic E-state index is 6.06. The molecule has 0 saturated carbocycles. The normalized spacial score (nSPS) is 10.5. The molecule has 3 nitrogen and oxygen atoms in total. The number of anilines is 1. The number of ether oxygens (including phenoxy) is 2. The summed E-state index contributed by atoms with van der Waals surface area (Å²) in [4.78, 5) is 0. The molecule has 0 bridgehead atoms. The van der Waals surface area contributed by atoms with Crippen molar-refractivity contribution in [3.63, 3.8) is 0 Å². The summed E-state index contributed by atoms with van der Waals surface area (Å²) in [6.45, 7) is 4.33. The summed E-state index contributed by atoms with van der Waals surface area (Å²) in [6, 6.07) is 26.9. The standard InChI is InChI=1S/C26H31NO2/c1-2-3-19-28-25-17-9-7-15-23(25)21-27-24-16-8-10-18-26(24)29-20-11-14-22-12-5-4-6-13-22/h4-10,12-13,15-18,27H,2-3,11,14,19-21H2,1H3. The molecule has 0 aliphatic carbocycles. The predicted molar refractivity (Wildman–Crippen MR) is 121 cm³/mol. The monoisotopic (exact) mass is 389 g/mol. The van der Waals surface area contributed by atoms with Gasteiger partial charge in [-0.25, -0.2) is 0 Å². The van der Waals surface area contributed by atoms with Gasteiger partial charge in [0, 0.05) is 12.1 Å². The van der Waals surface area contributed by atoms with Crippen LogP contribution in [-0.4, -0.2) is 13.2 Å². The number of hydrogen-bond donors (Lipinski definition) is 1. The molecule has 3 heteroatoms. The zero-order valence-electron chi connectivity index (χ0n) is 17.3. The van der Waals surface area contributed by atoms with Gasteiger partial charge >= 0.3 is 0 Å². The fourth-order valence-electron chi connectivity index (χ4n) is 3.15. The van der Waals surface area contributed by atoms with Gasteiger partial charge in [-0.05, 0) is 43.0 Å². The molecule has 0 aromatic heterocycles. The zero-order valence-corrected chi connectivity index (χ0v) is 17.3. The summed E-state index contributed by atoms with van der Waals surface area (Å²) in [7, 11) is 0. The minimum Gasteiger partial charge on any atom is -0.493 e. The lowest BCUT2D eigenvalue weighted by molar-refractivity contribution is 0.306. The minimum absolute atomic E-state index is 0.699. The second-order valence-electron chi connectivity index (χ2n) is 7.10. The van der Waals surface area contributed by atoms with Crippen molar-refractivity contribution < 1.29 is 9.47 Å². The van der Waals surface area contributed by atoms with Gasteiger partial charge in [0.1, 0.15) is 11.5 Å². The molecule has 0 heterocycles. The van der Waals surface area contributed by atoms with E-state index in [0.29, 0.717) is 13.2 Å². The molecule has 0 fully saturated rings. The molecule has 3 rings (SSSR count). The van der Waals surface area contributed by atoms with Crippen molar-refractivity contribution in [2.24, 2.45) is 0 Å². The van der Waals surface area contributed by atoms with Gasteiger partial charge in [-0.2, -0.15) is 0 Å². The van der Waals surface area contributed by atoms with Gasteiger partial charge in [0.2, 0.25) is 0 Å². The SMILES string of the molecule is CCCCOc1ccccc1CNc1ccccc1OCCCc1ccccc1. The van der Waals surface area contributed by atoms with E-state index in [9.17, 15) is 0 Å². The second kappa shape index (κ2) is 11.8. The number of benzene rings is 3. The summed E-state index contributed by atoms with van der Waals surface area (Å²) in [5.41, 5.74) is 3.51. The van der Waals surface area contributed by atoms with Crippen LogP contribution in [0.2, 0.25) is 0 Å². The van der Waals surface area contributed by atoms with E-state index in [1.54, 1.807) is 0 Å². The molecule has 0 aliphatic heterocycles. The topological polar surface area (TPSA) is 30.5 Å². The summed E-state index contributed by atoms with van der Waals surface area (Å²) in [5, 5.41) is 3.51. The maximum atomic E-state index is 6.06. The fourth-order valence-corrected chi connectivity index (χ4v) is 3.15. The van der Waals surface area contributed by atoms with Crippen molar-refractivity contribution in [2.75, 3.05) is 18.5 Å². The highest BCUT2D eigenvalue weighted by Gasteiger charge is 2.06. The number of rotatable bonds is 12. The largest absolute Gasteiger partial charge is 0.493 e. The fraction of sp³-hybridized carbons (Fsp3) is 0.308. The Labute approximate surface area is 174 Å². The first-order valence-electron chi connectivity index (χ1n) is 10.6. The Morgan fingerprint density at radius 3 is 2.17 bits per heavy atom. The summed E-state index contributed by atoms with van der Waals surface area (Å²) < 4.78 is 12.0. The molecule has 3 aromatic rings. The van der Waals surface area contributed by atoms with Gasteiger partial charge in [0.15, 0.2) is 0 Å². The molecule has 0 spiro atoms. The Hall–Kier alpha value is -2.94. The van der Waals surface area contributed by atoms with Crippen LogP contribution in [-0.2, 0) is 13.0 Å². The van der Waals surface area contributed by atoms with E-state index in [1.807, 2.05) is 30.3 Å².